The zero-order valence-corrected chi connectivity index (χ0v) is 31.6. The SMILES string of the molecule is CC1(C)OCC(COc2ccccc2-c2ccc3ncc(C(=O)O)n3n2)O1.CCOC(=O)c1cnc2ccc(-c3ccccc3OCC3COC(C)(C)O3)nn12. The van der Waals surface area contributed by atoms with Gasteiger partial charge in [0.1, 0.15) is 36.9 Å². The van der Waals surface area contributed by atoms with Crippen LogP contribution in [-0.2, 0) is 23.7 Å². The fourth-order valence-corrected chi connectivity index (χ4v) is 6.19. The Morgan fingerprint density at radius 1 is 0.714 bits per heavy atom. The fourth-order valence-electron chi connectivity index (χ4n) is 6.19. The van der Waals surface area contributed by atoms with E-state index in [4.69, 9.17) is 33.2 Å². The van der Waals surface area contributed by atoms with Crippen molar-refractivity contribution >= 4 is 23.2 Å². The summed E-state index contributed by atoms with van der Waals surface area (Å²) in [5, 5.41) is 18.3. The number of hydrogen-bond acceptors (Lipinski definition) is 13. The molecule has 16 heteroatoms. The van der Waals surface area contributed by atoms with Crippen molar-refractivity contribution in [2.24, 2.45) is 0 Å². The number of aromatic nitrogens is 6. The van der Waals surface area contributed by atoms with Crippen molar-refractivity contribution in [3.8, 4) is 34.0 Å². The zero-order chi connectivity index (χ0) is 39.5. The Kier molecular flexibility index (Phi) is 11.0. The number of nitrogens with zero attached hydrogens (tertiary/aromatic N) is 6. The molecule has 8 rings (SSSR count). The largest absolute Gasteiger partial charge is 0.490 e. The van der Waals surface area contributed by atoms with Crippen LogP contribution >= 0.6 is 0 Å². The van der Waals surface area contributed by atoms with Gasteiger partial charge in [0, 0.05) is 11.1 Å². The Morgan fingerprint density at radius 3 is 1.62 bits per heavy atom. The van der Waals surface area contributed by atoms with Gasteiger partial charge < -0.3 is 38.3 Å². The predicted octanol–water partition coefficient (Wildman–Crippen LogP) is 5.73. The first-order chi connectivity index (χ1) is 26.9. The highest BCUT2D eigenvalue weighted by Gasteiger charge is 2.34. The molecule has 4 aromatic heterocycles. The molecular formula is C40H42N6O10. The topological polar surface area (TPSA) is 179 Å². The maximum atomic E-state index is 12.2. The second kappa shape index (κ2) is 16.0. The van der Waals surface area contributed by atoms with E-state index in [2.05, 4.69) is 20.2 Å². The number of imidazole rings is 2. The van der Waals surface area contributed by atoms with Gasteiger partial charge in [-0.1, -0.05) is 24.3 Å². The Morgan fingerprint density at radius 2 is 1.18 bits per heavy atom. The van der Waals surface area contributed by atoms with Gasteiger partial charge in [-0.3, -0.25) is 0 Å². The summed E-state index contributed by atoms with van der Waals surface area (Å²) in [6.45, 7) is 11.2. The molecule has 0 saturated carbocycles. The molecule has 2 unspecified atom stereocenters. The summed E-state index contributed by atoms with van der Waals surface area (Å²) >= 11 is 0. The van der Waals surface area contributed by atoms with Gasteiger partial charge in [-0.25, -0.2) is 28.6 Å². The highest BCUT2D eigenvalue weighted by atomic mass is 16.8. The first kappa shape index (κ1) is 38.3. The Hall–Kier alpha value is -5.94. The molecule has 2 aliphatic heterocycles. The number of hydrogen-bond donors (Lipinski definition) is 1. The Bertz CT molecular complexity index is 2350. The van der Waals surface area contributed by atoms with Crippen LogP contribution in [0.2, 0.25) is 0 Å². The number of esters is 1. The molecule has 0 radical (unpaired) electrons. The predicted molar refractivity (Wildman–Crippen MR) is 201 cm³/mol. The van der Waals surface area contributed by atoms with E-state index in [0.717, 1.165) is 11.1 Å². The number of aromatic carboxylic acids is 1. The van der Waals surface area contributed by atoms with Gasteiger partial charge in [-0.2, -0.15) is 10.2 Å². The molecule has 16 nitrogen and oxygen atoms in total. The summed E-state index contributed by atoms with van der Waals surface area (Å²) in [6, 6.07) is 22.2. The molecule has 0 spiro atoms. The van der Waals surface area contributed by atoms with Crippen molar-refractivity contribution < 1.29 is 47.9 Å². The molecule has 2 fully saturated rings. The molecule has 2 atom stereocenters. The van der Waals surface area contributed by atoms with Gasteiger partial charge in [-0.15, -0.1) is 0 Å². The van der Waals surface area contributed by atoms with Gasteiger partial charge in [-0.05, 0) is 83.1 Å². The second-order valence-corrected chi connectivity index (χ2v) is 13.8. The first-order valence-electron chi connectivity index (χ1n) is 18.1. The van der Waals surface area contributed by atoms with Crippen LogP contribution in [0.3, 0.4) is 0 Å². The minimum atomic E-state index is -1.09. The third-order valence-corrected chi connectivity index (χ3v) is 8.74. The third-order valence-electron chi connectivity index (χ3n) is 8.74. The number of carboxylic acid groups (broad SMARTS) is 1. The minimum absolute atomic E-state index is 0.00369. The number of rotatable bonds is 11. The van der Waals surface area contributed by atoms with Gasteiger partial charge in [0.25, 0.3) is 0 Å². The monoisotopic (exact) mass is 766 g/mol. The van der Waals surface area contributed by atoms with E-state index in [-0.39, 0.29) is 30.2 Å². The van der Waals surface area contributed by atoms with Gasteiger partial charge >= 0.3 is 11.9 Å². The van der Waals surface area contributed by atoms with Crippen LogP contribution in [0.5, 0.6) is 11.5 Å². The van der Waals surface area contributed by atoms with Crippen molar-refractivity contribution in [3.63, 3.8) is 0 Å². The van der Waals surface area contributed by atoms with E-state index in [0.29, 0.717) is 60.6 Å². The number of carboxylic acids is 1. The molecule has 2 aliphatic rings. The van der Waals surface area contributed by atoms with Crippen LogP contribution in [0.25, 0.3) is 33.8 Å². The smallest absolute Gasteiger partial charge is 0.358 e. The molecule has 6 heterocycles. The van der Waals surface area contributed by atoms with E-state index >= 15 is 0 Å². The van der Waals surface area contributed by atoms with Crippen LogP contribution in [0.1, 0.15) is 55.6 Å². The third kappa shape index (κ3) is 8.63. The summed E-state index contributed by atoms with van der Waals surface area (Å²) in [5.74, 6) is -1.44. The maximum absolute atomic E-state index is 12.2. The number of benzene rings is 2. The Balaban J connectivity index is 0.000000172. The van der Waals surface area contributed by atoms with E-state index < -0.39 is 23.5 Å². The van der Waals surface area contributed by atoms with Crippen molar-refractivity contribution in [2.45, 2.75) is 58.4 Å². The standard InChI is InChI=1S/C21H23N3O5.C19H19N3O5/c1-4-26-20(25)17-11-22-19-10-9-16(23-24(17)19)15-7-5-6-8-18(15)27-12-14-13-28-21(2,3)29-14;1-19(2)26-11-12(27-19)10-25-16-6-4-3-5-13(16)14-7-8-17-20-9-15(18(23)24)22(17)21-14/h5-11,14H,4,12-13H2,1-3H3;3-9,12H,10-11H2,1-2H3,(H,23,24). The summed E-state index contributed by atoms with van der Waals surface area (Å²) in [5.41, 5.74) is 4.11. The van der Waals surface area contributed by atoms with E-state index in [1.165, 1.54) is 21.4 Å². The molecule has 0 aliphatic carbocycles. The van der Waals surface area contributed by atoms with Crippen molar-refractivity contribution in [1.29, 1.82) is 0 Å². The van der Waals surface area contributed by atoms with Crippen LogP contribution in [-0.4, -0.2) is 103 Å². The van der Waals surface area contributed by atoms with Crippen molar-refractivity contribution in [3.05, 3.63) is 96.6 Å². The van der Waals surface area contributed by atoms with E-state index in [1.807, 2.05) is 82.3 Å². The molecule has 1 N–H and O–H groups in total. The zero-order valence-electron chi connectivity index (χ0n) is 31.6. The lowest BCUT2D eigenvalue weighted by Gasteiger charge is -2.18. The maximum Gasteiger partial charge on any atom is 0.358 e. The summed E-state index contributed by atoms with van der Waals surface area (Å²) in [6.07, 6.45) is 2.45. The number of para-hydroxylation sites is 2. The van der Waals surface area contributed by atoms with Gasteiger partial charge in [0.2, 0.25) is 0 Å². The molecule has 56 heavy (non-hydrogen) atoms. The number of ether oxygens (including phenoxy) is 7. The molecule has 2 aromatic carbocycles. The normalized spacial score (nSPS) is 18.4. The average molecular weight is 767 g/mol. The molecule has 6 aromatic rings. The van der Waals surface area contributed by atoms with Crippen LogP contribution in [0.15, 0.2) is 85.2 Å². The second-order valence-electron chi connectivity index (χ2n) is 13.8. The highest BCUT2D eigenvalue weighted by Crippen LogP contribution is 2.32. The molecule has 0 bridgehead atoms. The van der Waals surface area contributed by atoms with Crippen LogP contribution in [0, 0.1) is 0 Å². The fraction of sp³-hybridized carbons (Fsp3) is 0.350. The number of carbonyl (C=O) groups excluding carboxylic acids is 1. The van der Waals surface area contributed by atoms with Gasteiger partial charge in [0.15, 0.2) is 34.3 Å². The number of fused-ring (bicyclic) bond motifs is 2. The highest BCUT2D eigenvalue weighted by molar-refractivity contribution is 5.88. The Labute approximate surface area is 321 Å². The van der Waals surface area contributed by atoms with E-state index in [9.17, 15) is 14.7 Å². The van der Waals surface area contributed by atoms with Crippen LogP contribution in [0.4, 0.5) is 0 Å². The van der Waals surface area contributed by atoms with Crippen molar-refractivity contribution in [1.82, 2.24) is 29.2 Å². The summed E-state index contributed by atoms with van der Waals surface area (Å²) < 4.78 is 42.6. The molecule has 2 saturated heterocycles. The quantitative estimate of drug-likeness (QED) is 0.158. The lowest BCUT2D eigenvalue weighted by atomic mass is 10.1. The average Bonchev–Trinajstić information content (AvgIpc) is 3.97. The minimum Gasteiger partial charge on any atom is -0.490 e. The molecule has 292 valence electrons. The lowest BCUT2D eigenvalue weighted by Crippen LogP contribution is -2.25. The first-order valence-corrected chi connectivity index (χ1v) is 18.1. The van der Waals surface area contributed by atoms with E-state index in [1.54, 1.807) is 25.1 Å². The summed E-state index contributed by atoms with van der Waals surface area (Å²) in [7, 11) is 0. The summed E-state index contributed by atoms with van der Waals surface area (Å²) in [4.78, 5) is 31.8. The lowest BCUT2D eigenvalue weighted by molar-refractivity contribution is -0.141. The number of carbonyl (C=O) groups is 2. The van der Waals surface area contributed by atoms with Crippen molar-refractivity contribution in [2.75, 3.05) is 33.0 Å². The molecule has 0 amide bonds. The molecular weight excluding hydrogens is 724 g/mol. The van der Waals surface area contributed by atoms with Gasteiger partial charge in [0.05, 0.1) is 43.6 Å². The van der Waals surface area contributed by atoms with Crippen LogP contribution < -0.4 is 9.47 Å².